The van der Waals surface area contributed by atoms with Crippen molar-refractivity contribution >= 4 is 11.9 Å². The molecule has 0 heterocycles. The largest absolute Gasteiger partial charge is 0.466 e. The maximum Gasteiger partial charge on any atom is 0.305 e. The summed E-state index contributed by atoms with van der Waals surface area (Å²) in [6, 6.07) is -0.625. The molecule has 0 aromatic heterocycles. The van der Waals surface area contributed by atoms with Gasteiger partial charge in [0.15, 0.2) is 0 Å². The van der Waals surface area contributed by atoms with Crippen molar-refractivity contribution in [1.82, 2.24) is 5.32 Å². The molecule has 2 unspecified atom stereocenters. The van der Waals surface area contributed by atoms with Crippen LogP contribution in [-0.4, -0.2) is 47.4 Å². The second-order valence-corrected chi connectivity index (χ2v) is 28.1. The molecule has 3 N–H and O–H groups in total. The minimum absolute atomic E-state index is 0.0250. The van der Waals surface area contributed by atoms with Crippen molar-refractivity contribution in [3.8, 4) is 0 Å². The van der Waals surface area contributed by atoms with E-state index in [0.717, 1.165) is 38.5 Å². The van der Waals surface area contributed by atoms with Crippen LogP contribution in [0.4, 0.5) is 0 Å². The molecule has 0 fully saturated rings. The number of aliphatic hydroxyl groups is 2. The first-order chi connectivity index (χ1) is 43.0. The van der Waals surface area contributed by atoms with Gasteiger partial charge < -0.3 is 20.3 Å². The fourth-order valence-corrected chi connectivity index (χ4v) is 13.2. The van der Waals surface area contributed by atoms with E-state index in [1.807, 2.05) is 6.08 Å². The maximum atomic E-state index is 12.6. The monoisotopic (exact) mass is 1230 g/mol. The minimum atomic E-state index is -0.842. The number of hydrogen-bond donors (Lipinski definition) is 3. The number of ether oxygens (including phenoxy) is 1. The van der Waals surface area contributed by atoms with Gasteiger partial charge in [-0.1, -0.05) is 437 Å². The van der Waals surface area contributed by atoms with Gasteiger partial charge in [-0.15, -0.1) is 0 Å². The summed E-state index contributed by atoms with van der Waals surface area (Å²) in [5.74, 6) is -0.0325. The van der Waals surface area contributed by atoms with E-state index in [0.29, 0.717) is 19.4 Å². The van der Waals surface area contributed by atoms with Crippen LogP contribution in [0.5, 0.6) is 0 Å². The van der Waals surface area contributed by atoms with Crippen LogP contribution in [0.2, 0.25) is 0 Å². The molecule has 0 radical (unpaired) electrons. The molecule has 0 rings (SSSR count). The Balaban J connectivity index is 3.34. The number of amides is 1. The Kier molecular flexibility index (Phi) is 75.8. The van der Waals surface area contributed by atoms with E-state index in [-0.39, 0.29) is 18.5 Å². The standard InChI is InChI=1S/C81H159NO5/c1-3-5-7-9-11-13-15-17-19-20-21-22-34-37-40-43-46-49-53-57-61-65-69-73-79(84)78(77-83)82-80(85)74-70-66-62-58-54-50-47-44-41-38-35-32-30-28-26-24-23-25-27-29-31-33-36-39-42-45-48-52-56-60-64-68-72-76-87-81(86)75-71-67-63-59-55-51-18-16-14-12-10-8-6-4-2/h69,73,78-79,83-84H,3-68,70-72,74-77H2,1-2H3,(H,82,85)/b73-69+. The van der Waals surface area contributed by atoms with Crippen LogP contribution in [0.3, 0.4) is 0 Å². The lowest BCUT2D eigenvalue weighted by Gasteiger charge is -2.20. The normalized spacial score (nSPS) is 12.5. The summed E-state index contributed by atoms with van der Waals surface area (Å²) < 4.78 is 5.50. The Morgan fingerprint density at radius 3 is 0.782 bits per heavy atom. The van der Waals surface area contributed by atoms with Crippen LogP contribution in [0, 0.1) is 0 Å². The third-order valence-corrected chi connectivity index (χ3v) is 19.3. The molecular formula is C81H159NO5. The lowest BCUT2D eigenvalue weighted by Crippen LogP contribution is -2.45. The van der Waals surface area contributed by atoms with Gasteiger partial charge >= 0.3 is 5.97 Å². The van der Waals surface area contributed by atoms with Crippen molar-refractivity contribution in [3.05, 3.63) is 12.2 Å². The third-order valence-electron chi connectivity index (χ3n) is 19.3. The quantitative estimate of drug-likeness (QED) is 0.0320. The molecule has 0 aromatic rings. The number of nitrogens with one attached hydrogen (secondary N) is 1. The minimum Gasteiger partial charge on any atom is -0.466 e. The van der Waals surface area contributed by atoms with E-state index < -0.39 is 12.1 Å². The van der Waals surface area contributed by atoms with Gasteiger partial charge in [-0.3, -0.25) is 9.59 Å². The third kappa shape index (κ3) is 73.5. The Morgan fingerprint density at radius 1 is 0.310 bits per heavy atom. The van der Waals surface area contributed by atoms with Crippen LogP contribution in [0.25, 0.3) is 0 Å². The molecule has 87 heavy (non-hydrogen) atoms. The Morgan fingerprint density at radius 2 is 0.529 bits per heavy atom. The van der Waals surface area contributed by atoms with Gasteiger partial charge in [0.1, 0.15) is 0 Å². The van der Waals surface area contributed by atoms with Gasteiger partial charge in [-0.25, -0.2) is 0 Å². The molecule has 2 atom stereocenters. The number of unbranched alkanes of at least 4 members (excludes halogenated alkanes) is 66. The van der Waals surface area contributed by atoms with Crippen molar-refractivity contribution in [2.24, 2.45) is 0 Å². The van der Waals surface area contributed by atoms with Crippen LogP contribution in [0.15, 0.2) is 12.2 Å². The molecule has 0 aliphatic rings. The van der Waals surface area contributed by atoms with Gasteiger partial charge in [-0.05, 0) is 32.1 Å². The number of aliphatic hydroxyl groups excluding tert-OH is 2. The van der Waals surface area contributed by atoms with Crippen LogP contribution >= 0.6 is 0 Å². The summed E-state index contributed by atoms with van der Waals surface area (Å²) in [7, 11) is 0. The summed E-state index contributed by atoms with van der Waals surface area (Å²) in [6.45, 7) is 4.97. The molecule has 518 valence electrons. The highest BCUT2D eigenvalue weighted by atomic mass is 16.5. The number of hydrogen-bond acceptors (Lipinski definition) is 5. The SMILES string of the molecule is CCCCCCCCCCCCCCCCCCCCCCC/C=C/C(O)C(CO)NC(=O)CCCCCCCCCCCCCCCCCCCCCCCCCCCCCCCCCCCOC(=O)CCCCCCCCCCCCCCCC. The van der Waals surface area contributed by atoms with Crippen molar-refractivity contribution < 1.29 is 24.5 Å². The van der Waals surface area contributed by atoms with Crippen LogP contribution in [-0.2, 0) is 14.3 Å². The predicted octanol–water partition coefficient (Wildman–Crippen LogP) is 26.7. The Hall–Kier alpha value is -1.40. The second-order valence-electron chi connectivity index (χ2n) is 28.1. The first-order valence-corrected chi connectivity index (χ1v) is 40.5. The molecule has 6 heteroatoms. The number of esters is 1. The van der Waals surface area contributed by atoms with E-state index in [1.165, 1.54) is 405 Å². The number of rotatable bonds is 77. The van der Waals surface area contributed by atoms with Gasteiger partial charge in [0, 0.05) is 12.8 Å². The summed E-state index contributed by atoms with van der Waals surface area (Å²) in [4.78, 5) is 24.6. The van der Waals surface area contributed by atoms with Crippen molar-refractivity contribution in [1.29, 1.82) is 0 Å². The molecule has 0 aromatic carbocycles. The van der Waals surface area contributed by atoms with E-state index >= 15 is 0 Å². The summed E-state index contributed by atoms with van der Waals surface area (Å²) in [5.41, 5.74) is 0. The zero-order chi connectivity index (χ0) is 62.8. The molecule has 6 nitrogen and oxygen atoms in total. The van der Waals surface area contributed by atoms with Crippen LogP contribution in [0.1, 0.15) is 470 Å². The van der Waals surface area contributed by atoms with Gasteiger partial charge in [0.05, 0.1) is 25.4 Å². The van der Waals surface area contributed by atoms with Gasteiger partial charge in [-0.2, -0.15) is 0 Å². The van der Waals surface area contributed by atoms with Crippen molar-refractivity contribution in [2.45, 2.75) is 482 Å². The molecular weight excluding hydrogens is 1070 g/mol. The Labute approximate surface area is 546 Å². The van der Waals surface area contributed by atoms with E-state index in [2.05, 4.69) is 19.2 Å². The van der Waals surface area contributed by atoms with E-state index in [1.54, 1.807) is 6.08 Å². The van der Waals surface area contributed by atoms with Gasteiger partial charge in [0.25, 0.3) is 0 Å². The molecule has 0 spiro atoms. The molecule has 1 amide bonds. The fourth-order valence-electron chi connectivity index (χ4n) is 13.2. The number of allylic oxidation sites excluding steroid dienone is 1. The van der Waals surface area contributed by atoms with Gasteiger partial charge in [0.2, 0.25) is 5.91 Å². The molecule has 0 saturated heterocycles. The number of carbonyl (C=O) groups excluding carboxylic acids is 2. The predicted molar refractivity (Wildman–Crippen MR) is 384 cm³/mol. The molecule has 0 aliphatic heterocycles. The smallest absolute Gasteiger partial charge is 0.305 e. The first kappa shape index (κ1) is 85.6. The Bertz CT molecular complexity index is 1320. The second kappa shape index (κ2) is 77.1. The van der Waals surface area contributed by atoms with Crippen molar-refractivity contribution in [3.63, 3.8) is 0 Å². The van der Waals surface area contributed by atoms with Crippen LogP contribution < -0.4 is 5.32 Å². The zero-order valence-corrected chi connectivity index (χ0v) is 59.5. The fraction of sp³-hybridized carbons (Fsp3) is 0.951. The van der Waals surface area contributed by atoms with E-state index in [9.17, 15) is 19.8 Å². The molecule has 0 aliphatic carbocycles. The summed E-state index contributed by atoms with van der Waals surface area (Å²) in [6.07, 6.45) is 97.7. The highest BCUT2D eigenvalue weighted by Gasteiger charge is 2.18. The average Bonchev–Trinajstić information content (AvgIpc) is 3.53. The first-order valence-electron chi connectivity index (χ1n) is 40.5. The average molecular weight is 1230 g/mol. The van der Waals surface area contributed by atoms with Crippen molar-refractivity contribution in [2.75, 3.05) is 13.2 Å². The zero-order valence-electron chi connectivity index (χ0n) is 59.5. The van der Waals surface area contributed by atoms with E-state index in [4.69, 9.17) is 4.74 Å². The highest BCUT2D eigenvalue weighted by molar-refractivity contribution is 5.76. The summed E-state index contributed by atoms with van der Waals surface area (Å²) >= 11 is 0. The highest BCUT2D eigenvalue weighted by Crippen LogP contribution is 2.20. The summed E-state index contributed by atoms with van der Waals surface area (Å²) in [5, 5.41) is 23.3. The maximum absolute atomic E-state index is 12.6. The lowest BCUT2D eigenvalue weighted by molar-refractivity contribution is -0.143. The molecule has 0 bridgehead atoms. The number of carbonyl (C=O) groups is 2. The molecule has 0 saturated carbocycles. The topological polar surface area (TPSA) is 95.9 Å². The lowest BCUT2D eigenvalue weighted by atomic mass is 10.0.